The van der Waals surface area contributed by atoms with Crippen LogP contribution in [0.15, 0.2) is 48.7 Å². The van der Waals surface area contributed by atoms with E-state index in [2.05, 4.69) is 50.5 Å². The first-order valence-corrected chi connectivity index (χ1v) is 6.96. The van der Waals surface area contributed by atoms with Crippen LogP contribution in [0.1, 0.15) is 5.69 Å². The maximum atomic E-state index is 4.20. The van der Waals surface area contributed by atoms with Crippen molar-refractivity contribution in [2.45, 2.75) is 6.42 Å². The molecule has 18 heavy (non-hydrogen) atoms. The van der Waals surface area contributed by atoms with E-state index in [1.54, 1.807) is 0 Å². The van der Waals surface area contributed by atoms with E-state index in [-0.39, 0.29) is 0 Å². The van der Waals surface area contributed by atoms with E-state index in [0.717, 1.165) is 23.1 Å². The molecule has 0 aliphatic heterocycles. The lowest BCUT2D eigenvalue weighted by molar-refractivity contribution is 0.803. The van der Waals surface area contributed by atoms with Crippen molar-refractivity contribution in [3.8, 4) is 5.69 Å². The molecule has 0 aliphatic carbocycles. The van der Waals surface area contributed by atoms with Crippen LogP contribution >= 0.6 is 15.9 Å². The Bertz CT molecular complexity index is 670. The lowest BCUT2D eigenvalue weighted by atomic mass is 10.1. The molecule has 0 saturated heterocycles. The predicted octanol–water partition coefficient (Wildman–Crippen LogP) is 3.36. The highest BCUT2D eigenvalue weighted by Gasteiger charge is 2.05. The van der Waals surface area contributed by atoms with Crippen LogP contribution in [0.3, 0.4) is 0 Å². The van der Waals surface area contributed by atoms with Gasteiger partial charge >= 0.3 is 0 Å². The number of aryl methyl sites for hydroxylation is 1. The maximum Gasteiger partial charge on any atom is 0.0840 e. The molecule has 1 aromatic heterocycles. The maximum absolute atomic E-state index is 4.20. The Morgan fingerprint density at radius 2 is 1.89 bits per heavy atom. The summed E-state index contributed by atoms with van der Waals surface area (Å²) in [6.07, 6.45) is 2.88. The first kappa shape index (κ1) is 11.4. The van der Waals surface area contributed by atoms with Gasteiger partial charge in [-0.1, -0.05) is 57.5 Å². The molecule has 0 amide bonds. The van der Waals surface area contributed by atoms with Crippen LogP contribution in [0.5, 0.6) is 0 Å². The molecule has 3 nitrogen and oxygen atoms in total. The van der Waals surface area contributed by atoms with Crippen LogP contribution in [-0.4, -0.2) is 20.3 Å². The molecule has 0 unspecified atom stereocenters. The smallest absolute Gasteiger partial charge is 0.0840 e. The van der Waals surface area contributed by atoms with E-state index < -0.39 is 0 Å². The molecule has 0 spiro atoms. The largest absolute Gasteiger partial charge is 0.220 e. The molecule has 4 heteroatoms. The molecule has 0 aliphatic rings. The fourth-order valence-electron chi connectivity index (χ4n) is 2.04. The number of nitrogens with zero attached hydrogens (tertiary/aromatic N) is 3. The Balaban J connectivity index is 2.12. The number of alkyl halides is 1. The van der Waals surface area contributed by atoms with Crippen LogP contribution in [0.2, 0.25) is 0 Å². The quantitative estimate of drug-likeness (QED) is 0.695. The topological polar surface area (TPSA) is 30.7 Å². The van der Waals surface area contributed by atoms with Crippen molar-refractivity contribution in [2.75, 3.05) is 5.33 Å². The highest BCUT2D eigenvalue weighted by Crippen LogP contribution is 2.21. The number of benzene rings is 2. The van der Waals surface area contributed by atoms with Crippen LogP contribution in [0, 0.1) is 0 Å². The molecule has 0 fully saturated rings. The molecule has 0 N–H and O–H groups in total. The average molecular weight is 302 g/mol. The summed E-state index contributed by atoms with van der Waals surface area (Å²) in [5.74, 6) is 0. The average Bonchev–Trinajstić information content (AvgIpc) is 2.87. The second kappa shape index (κ2) is 4.90. The van der Waals surface area contributed by atoms with Crippen LogP contribution in [-0.2, 0) is 6.42 Å². The molecular formula is C14H12BrN3. The zero-order chi connectivity index (χ0) is 12.4. The van der Waals surface area contributed by atoms with Gasteiger partial charge in [0, 0.05) is 17.1 Å². The lowest BCUT2D eigenvalue weighted by Crippen LogP contribution is -1.95. The van der Waals surface area contributed by atoms with Gasteiger partial charge in [-0.3, -0.25) is 0 Å². The summed E-state index contributed by atoms with van der Waals surface area (Å²) in [5.41, 5.74) is 2.07. The highest BCUT2D eigenvalue weighted by molar-refractivity contribution is 9.09. The molecule has 0 radical (unpaired) electrons. The highest BCUT2D eigenvalue weighted by atomic mass is 79.9. The molecule has 3 rings (SSSR count). The van der Waals surface area contributed by atoms with Crippen molar-refractivity contribution in [1.82, 2.24) is 15.0 Å². The number of hydrogen-bond acceptors (Lipinski definition) is 2. The van der Waals surface area contributed by atoms with Crippen molar-refractivity contribution in [3.05, 3.63) is 54.4 Å². The molecule has 0 bridgehead atoms. The summed E-state index contributed by atoms with van der Waals surface area (Å²) in [5, 5.41) is 11.7. The van der Waals surface area contributed by atoms with E-state index in [1.807, 2.05) is 29.1 Å². The van der Waals surface area contributed by atoms with Gasteiger partial charge in [0.1, 0.15) is 0 Å². The van der Waals surface area contributed by atoms with Gasteiger partial charge in [-0.2, -0.15) is 0 Å². The first-order chi connectivity index (χ1) is 8.88. The van der Waals surface area contributed by atoms with Gasteiger partial charge in [0.2, 0.25) is 0 Å². The third-order valence-electron chi connectivity index (χ3n) is 2.90. The molecular weight excluding hydrogens is 290 g/mol. The summed E-state index contributed by atoms with van der Waals surface area (Å²) in [6.45, 7) is 0. The van der Waals surface area contributed by atoms with Gasteiger partial charge in [-0.25, -0.2) is 4.68 Å². The summed E-state index contributed by atoms with van der Waals surface area (Å²) in [4.78, 5) is 0. The summed E-state index contributed by atoms with van der Waals surface area (Å²) < 4.78 is 1.85. The van der Waals surface area contributed by atoms with Crippen molar-refractivity contribution in [2.24, 2.45) is 0 Å². The van der Waals surface area contributed by atoms with E-state index in [9.17, 15) is 0 Å². The Hall–Kier alpha value is -1.68. The number of halogens is 1. The monoisotopic (exact) mass is 301 g/mol. The standard InChI is InChI=1S/C14H12BrN3/c15-9-8-12-10-18(17-16-12)14-7-3-5-11-4-1-2-6-13(11)14/h1-7,10H,8-9H2. The fraction of sp³-hybridized carbons (Fsp3) is 0.143. The van der Waals surface area contributed by atoms with E-state index in [0.29, 0.717) is 0 Å². The molecule has 1 heterocycles. The Kier molecular flexibility index (Phi) is 3.11. The second-order valence-electron chi connectivity index (χ2n) is 4.09. The number of rotatable bonds is 3. The molecule has 2 aromatic carbocycles. The van der Waals surface area contributed by atoms with Gasteiger partial charge < -0.3 is 0 Å². The SMILES string of the molecule is BrCCc1cn(-c2cccc3ccccc23)nn1. The molecule has 0 atom stereocenters. The minimum absolute atomic E-state index is 0.894. The van der Waals surface area contributed by atoms with E-state index in [1.165, 1.54) is 10.8 Å². The predicted molar refractivity (Wildman–Crippen MR) is 76.4 cm³/mol. The molecule has 0 saturated carbocycles. The van der Waals surface area contributed by atoms with Gasteiger partial charge in [-0.15, -0.1) is 5.10 Å². The third-order valence-corrected chi connectivity index (χ3v) is 3.30. The Morgan fingerprint density at radius 3 is 2.78 bits per heavy atom. The number of aromatic nitrogens is 3. The van der Waals surface area contributed by atoms with Crippen molar-refractivity contribution < 1.29 is 0 Å². The molecule has 3 aromatic rings. The minimum Gasteiger partial charge on any atom is -0.220 e. The van der Waals surface area contributed by atoms with Crippen LogP contribution in [0.25, 0.3) is 16.5 Å². The second-order valence-corrected chi connectivity index (χ2v) is 4.88. The lowest BCUT2D eigenvalue weighted by Gasteiger charge is -2.04. The van der Waals surface area contributed by atoms with Gasteiger partial charge in [0.25, 0.3) is 0 Å². The summed E-state index contributed by atoms with van der Waals surface area (Å²) >= 11 is 3.41. The minimum atomic E-state index is 0.894. The van der Waals surface area contributed by atoms with E-state index in [4.69, 9.17) is 0 Å². The van der Waals surface area contributed by atoms with Gasteiger partial charge in [-0.05, 0) is 11.5 Å². The summed E-state index contributed by atoms with van der Waals surface area (Å²) in [7, 11) is 0. The molecule has 90 valence electrons. The van der Waals surface area contributed by atoms with Crippen LogP contribution in [0.4, 0.5) is 0 Å². The first-order valence-electron chi connectivity index (χ1n) is 5.84. The van der Waals surface area contributed by atoms with Crippen LogP contribution < -0.4 is 0 Å². The zero-order valence-electron chi connectivity index (χ0n) is 9.75. The number of hydrogen-bond donors (Lipinski definition) is 0. The normalized spacial score (nSPS) is 10.9. The van der Waals surface area contributed by atoms with Crippen molar-refractivity contribution >= 4 is 26.7 Å². The summed E-state index contributed by atoms with van der Waals surface area (Å²) in [6, 6.07) is 14.5. The number of fused-ring (bicyclic) bond motifs is 1. The Labute approximate surface area is 114 Å². The van der Waals surface area contributed by atoms with Gasteiger partial charge in [0.15, 0.2) is 0 Å². The Morgan fingerprint density at radius 1 is 1.06 bits per heavy atom. The van der Waals surface area contributed by atoms with Crippen molar-refractivity contribution in [1.29, 1.82) is 0 Å². The van der Waals surface area contributed by atoms with Gasteiger partial charge in [0.05, 0.1) is 17.6 Å². The zero-order valence-corrected chi connectivity index (χ0v) is 11.3. The third kappa shape index (κ3) is 2.04. The van der Waals surface area contributed by atoms with Crippen molar-refractivity contribution in [3.63, 3.8) is 0 Å². The van der Waals surface area contributed by atoms with E-state index >= 15 is 0 Å². The fourth-order valence-corrected chi connectivity index (χ4v) is 2.44.